The molecule has 0 radical (unpaired) electrons. The molecule has 0 saturated heterocycles. The Kier molecular flexibility index (Phi) is 5.15. The number of nitrogens with one attached hydrogen (secondary N) is 1. The Bertz CT molecular complexity index is 323. The molecule has 1 aromatic carbocycles. The van der Waals surface area contributed by atoms with Crippen molar-refractivity contribution in [2.45, 2.75) is 0 Å². The van der Waals surface area contributed by atoms with E-state index in [-0.39, 0.29) is 25.7 Å². The van der Waals surface area contributed by atoms with Gasteiger partial charge >= 0.3 is 0 Å². The quantitative estimate of drug-likeness (QED) is 0.725. The van der Waals surface area contributed by atoms with Crippen LogP contribution in [0.25, 0.3) is 0 Å². The molecule has 0 aromatic heterocycles. The highest BCUT2D eigenvalue weighted by Gasteiger charge is 2.01. The molecule has 5 nitrogen and oxygen atoms in total. The molecule has 16 heavy (non-hydrogen) atoms. The van der Waals surface area contributed by atoms with Gasteiger partial charge < -0.3 is 19.9 Å². The number of hydrogen-bond acceptors (Lipinski definition) is 4. The molecule has 1 rings (SSSR count). The van der Waals surface area contributed by atoms with Crippen molar-refractivity contribution < 1.29 is 19.4 Å². The van der Waals surface area contributed by atoms with E-state index in [1.54, 1.807) is 31.4 Å². The standard InChI is InChI=1S/C11H15NO4/c1-15-9-2-4-10(5-3-9)16-8-11(14)12-6-7-13/h2-5,13H,6-8H2,1H3,(H,12,14). The summed E-state index contributed by atoms with van der Waals surface area (Å²) in [4.78, 5) is 11.1. The van der Waals surface area contributed by atoms with E-state index in [2.05, 4.69) is 5.32 Å². The van der Waals surface area contributed by atoms with Crippen LogP contribution in [-0.2, 0) is 4.79 Å². The van der Waals surface area contributed by atoms with Gasteiger partial charge in [-0.1, -0.05) is 0 Å². The molecule has 0 atom stereocenters. The van der Waals surface area contributed by atoms with E-state index in [0.29, 0.717) is 5.75 Å². The highest BCUT2D eigenvalue weighted by Crippen LogP contribution is 2.16. The average Bonchev–Trinajstić information content (AvgIpc) is 2.34. The number of aliphatic hydroxyl groups is 1. The highest BCUT2D eigenvalue weighted by molar-refractivity contribution is 5.77. The fourth-order valence-corrected chi connectivity index (χ4v) is 1.07. The van der Waals surface area contributed by atoms with Gasteiger partial charge in [-0.15, -0.1) is 0 Å². The fraction of sp³-hybridized carbons (Fsp3) is 0.364. The van der Waals surface area contributed by atoms with Crippen molar-refractivity contribution >= 4 is 5.91 Å². The SMILES string of the molecule is COc1ccc(OCC(=O)NCCO)cc1. The zero-order valence-corrected chi connectivity index (χ0v) is 9.10. The van der Waals surface area contributed by atoms with Crippen LogP contribution in [0.2, 0.25) is 0 Å². The van der Waals surface area contributed by atoms with Crippen LogP contribution < -0.4 is 14.8 Å². The van der Waals surface area contributed by atoms with Gasteiger partial charge in [0.15, 0.2) is 6.61 Å². The lowest BCUT2D eigenvalue weighted by Crippen LogP contribution is -2.31. The van der Waals surface area contributed by atoms with Crippen LogP contribution in [0.15, 0.2) is 24.3 Å². The molecule has 5 heteroatoms. The third-order valence-corrected chi connectivity index (χ3v) is 1.86. The molecule has 0 unspecified atom stereocenters. The zero-order chi connectivity index (χ0) is 11.8. The smallest absolute Gasteiger partial charge is 0.258 e. The molecule has 0 spiro atoms. The van der Waals surface area contributed by atoms with Gasteiger partial charge in [-0.25, -0.2) is 0 Å². The van der Waals surface area contributed by atoms with Gasteiger partial charge in [0, 0.05) is 6.54 Å². The van der Waals surface area contributed by atoms with E-state index in [1.165, 1.54) is 0 Å². The molecule has 88 valence electrons. The topological polar surface area (TPSA) is 67.8 Å². The van der Waals surface area contributed by atoms with E-state index < -0.39 is 0 Å². The molecule has 0 aliphatic heterocycles. The van der Waals surface area contributed by atoms with Crippen molar-refractivity contribution in [1.82, 2.24) is 5.32 Å². The Balaban J connectivity index is 2.33. The van der Waals surface area contributed by atoms with Gasteiger partial charge in [0.1, 0.15) is 11.5 Å². The van der Waals surface area contributed by atoms with Crippen molar-refractivity contribution in [2.75, 3.05) is 26.9 Å². The van der Waals surface area contributed by atoms with Crippen LogP contribution in [0.1, 0.15) is 0 Å². The maximum atomic E-state index is 11.1. The van der Waals surface area contributed by atoms with Gasteiger partial charge in [-0.2, -0.15) is 0 Å². The Labute approximate surface area is 94.0 Å². The number of methoxy groups -OCH3 is 1. The summed E-state index contributed by atoms with van der Waals surface area (Å²) in [5.41, 5.74) is 0. The predicted octanol–water partition coefficient (Wildman–Crippen LogP) is 0.182. The van der Waals surface area contributed by atoms with E-state index in [9.17, 15) is 4.79 Å². The van der Waals surface area contributed by atoms with Crippen LogP contribution in [0.5, 0.6) is 11.5 Å². The summed E-state index contributed by atoms with van der Waals surface area (Å²) in [7, 11) is 1.58. The summed E-state index contributed by atoms with van der Waals surface area (Å²) in [6, 6.07) is 6.94. The largest absolute Gasteiger partial charge is 0.497 e. The van der Waals surface area contributed by atoms with Crippen molar-refractivity contribution in [3.8, 4) is 11.5 Å². The van der Waals surface area contributed by atoms with E-state index in [1.807, 2.05) is 0 Å². The number of ether oxygens (including phenoxy) is 2. The summed E-state index contributed by atoms with van der Waals surface area (Å²) >= 11 is 0. The third-order valence-electron chi connectivity index (χ3n) is 1.86. The molecule has 0 fully saturated rings. The lowest BCUT2D eigenvalue weighted by atomic mass is 10.3. The molecule has 2 N–H and O–H groups in total. The van der Waals surface area contributed by atoms with Gasteiger partial charge in [-0.05, 0) is 24.3 Å². The molecule has 0 bridgehead atoms. The lowest BCUT2D eigenvalue weighted by Gasteiger charge is -2.07. The zero-order valence-electron chi connectivity index (χ0n) is 9.10. The fourth-order valence-electron chi connectivity index (χ4n) is 1.07. The summed E-state index contributed by atoms with van der Waals surface area (Å²) in [6.07, 6.45) is 0. The highest BCUT2D eigenvalue weighted by atomic mass is 16.5. The number of aliphatic hydroxyl groups excluding tert-OH is 1. The van der Waals surface area contributed by atoms with E-state index in [4.69, 9.17) is 14.6 Å². The monoisotopic (exact) mass is 225 g/mol. The minimum Gasteiger partial charge on any atom is -0.497 e. The second kappa shape index (κ2) is 6.68. The average molecular weight is 225 g/mol. The molecular weight excluding hydrogens is 210 g/mol. The Morgan fingerprint density at radius 3 is 2.50 bits per heavy atom. The molecule has 0 aliphatic carbocycles. The van der Waals surface area contributed by atoms with Crippen LogP contribution in [-0.4, -0.2) is 37.9 Å². The predicted molar refractivity (Wildman–Crippen MR) is 58.6 cm³/mol. The molecular formula is C11H15NO4. The second-order valence-corrected chi connectivity index (χ2v) is 3.04. The van der Waals surface area contributed by atoms with E-state index >= 15 is 0 Å². The first kappa shape index (κ1) is 12.3. The number of carbonyl (C=O) groups is 1. The van der Waals surface area contributed by atoms with Crippen molar-refractivity contribution in [3.05, 3.63) is 24.3 Å². The van der Waals surface area contributed by atoms with Gasteiger partial charge in [-0.3, -0.25) is 4.79 Å². The number of carbonyl (C=O) groups excluding carboxylic acids is 1. The summed E-state index contributed by atoms with van der Waals surface area (Å²) < 4.78 is 10.2. The molecule has 0 saturated carbocycles. The Hall–Kier alpha value is -1.75. The first-order chi connectivity index (χ1) is 7.76. The second-order valence-electron chi connectivity index (χ2n) is 3.04. The minimum absolute atomic E-state index is 0.0632. The normalized spacial score (nSPS) is 9.62. The van der Waals surface area contributed by atoms with Gasteiger partial charge in [0.25, 0.3) is 5.91 Å². The van der Waals surface area contributed by atoms with Crippen LogP contribution in [0.3, 0.4) is 0 Å². The van der Waals surface area contributed by atoms with Crippen LogP contribution in [0.4, 0.5) is 0 Å². The Morgan fingerprint density at radius 2 is 1.94 bits per heavy atom. The molecule has 1 amide bonds. The number of rotatable bonds is 6. The summed E-state index contributed by atoms with van der Waals surface area (Å²) in [5.74, 6) is 1.07. The number of hydrogen-bond donors (Lipinski definition) is 2. The molecule has 0 heterocycles. The Morgan fingerprint density at radius 1 is 1.31 bits per heavy atom. The van der Waals surface area contributed by atoms with Crippen molar-refractivity contribution in [2.24, 2.45) is 0 Å². The number of amides is 1. The van der Waals surface area contributed by atoms with E-state index in [0.717, 1.165) is 5.75 Å². The van der Waals surface area contributed by atoms with Crippen molar-refractivity contribution in [1.29, 1.82) is 0 Å². The first-order valence-corrected chi connectivity index (χ1v) is 4.90. The van der Waals surface area contributed by atoms with Crippen LogP contribution >= 0.6 is 0 Å². The third kappa shape index (κ3) is 4.18. The number of benzene rings is 1. The summed E-state index contributed by atoms with van der Waals surface area (Å²) in [6.45, 7) is 0.103. The van der Waals surface area contributed by atoms with Crippen LogP contribution in [0, 0.1) is 0 Å². The van der Waals surface area contributed by atoms with Crippen molar-refractivity contribution in [3.63, 3.8) is 0 Å². The van der Waals surface area contributed by atoms with Gasteiger partial charge in [0.05, 0.1) is 13.7 Å². The lowest BCUT2D eigenvalue weighted by molar-refractivity contribution is -0.123. The molecule has 0 aliphatic rings. The first-order valence-electron chi connectivity index (χ1n) is 4.90. The van der Waals surface area contributed by atoms with Gasteiger partial charge in [0.2, 0.25) is 0 Å². The maximum Gasteiger partial charge on any atom is 0.258 e. The summed E-state index contributed by atoms with van der Waals surface area (Å²) in [5, 5.41) is 11.0. The minimum atomic E-state index is -0.259. The maximum absolute atomic E-state index is 11.1. The molecule has 1 aromatic rings.